The first kappa shape index (κ1) is 20.0. The number of hydrogen-bond acceptors (Lipinski definition) is 5. The number of carbonyl (C=O) groups is 2. The first-order chi connectivity index (χ1) is 12.4. The summed E-state index contributed by atoms with van der Waals surface area (Å²) in [6.45, 7) is 3.82. The molecule has 0 saturated carbocycles. The number of H-pyrrole nitrogens is 1. The van der Waals surface area contributed by atoms with Crippen molar-refractivity contribution in [3.63, 3.8) is 0 Å². The van der Waals surface area contributed by atoms with Crippen LogP contribution in [0.15, 0.2) is 29.1 Å². The standard InChI is InChI=1S/C18H23N3O4S/c1-11(2)9-14(18(24)25)20-16(22)7-8-26-10-15-19-13-6-4-3-5-12(13)17(23)21-15/h3-6,11,14H,7-10H2,1-2H3,(H,20,22)(H,24,25)(H,19,21,23)/t14-/m1/s1. The molecule has 0 spiro atoms. The fourth-order valence-electron chi connectivity index (χ4n) is 2.50. The Morgan fingerprint density at radius 1 is 1.31 bits per heavy atom. The van der Waals surface area contributed by atoms with Gasteiger partial charge in [-0.25, -0.2) is 9.78 Å². The van der Waals surface area contributed by atoms with E-state index in [2.05, 4.69) is 15.3 Å². The van der Waals surface area contributed by atoms with Crippen LogP contribution in [0.4, 0.5) is 0 Å². The Bertz CT molecular complexity index is 835. The number of benzene rings is 1. The minimum atomic E-state index is -1.02. The predicted molar refractivity (Wildman–Crippen MR) is 102 cm³/mol. The van der Waals surface area contributed by atoms with Crippen molar-refractivity contribution in [2.75, 3.05) is 5.75 Å². The van der Waals surface area contributed by atoms with Crippen LogP contribution in [0.5, 0.6) is 0 Å². The number of aliphatic carboxylic acids is 1. The maximum atomic E-state index is 12.0. The van der Waals surface area contributed by atoms with Crippen LogP contribution >= 0.6 is 11.8 Å². The molecule has 0 bridgehead atoms. The van der Waals surface area contributed by atoms with Gasteiger partial charge in [0.1, 0.15) is 11.9 Å². The number of carboxylic acids is 1. The second-order valence-electron chi connectivity index (χ2n) is 6.42. The van der Waals surface area contributed by atoms with Crippen molar-refractivity contribution in [1.29, 1.82) is 0 Å². The average Bonchev–Trinajstić information content (AvgIpc) is 2.58. The number of aromatic amines is 1. The third-order valence-electron chi connectivity index (χ3n) is 3.71. The summed E-state index contributed by atoms with van der Waals surface area (Å²) < 4.78 is 0. The molecule has 0 saturated heterocycles. The van der Waals surface area contributed by atoms with Crippen LogP contribution in [-0.2, 0) is 15.3 Å². The zero-order chi connectivity index (χ0) is 19.1. The van der Waals surface area contributed by atoms with Gasteiger partial charge in [0.25, 0.3) is 5.56 Å². The van der Waals surface area contributed by atoms with Crippen molar-refractivity contribution in [2.24, 2.45) is 5.92 Å². The highest BCUT2D eigenvalue weighted by molar-refractivity contribution is 7.98. The molecule has 1 atom stereocenters. The minimum Gasteiger partial charge on any atom is -0.480 e. The number of hydrogen-bond donors (Lipinski definition) is 3. The topological polar surface area (TPSA) is 112 Å². The van der Waals surface area contributed by atoms with Crippen molar-refractivity contribution in [1.82, 2.24) is 15.3 Å². The van der Waals surface area contributed by atoms with Crippen LogP contribution in [0.2, 0.25) is 0 Å². The van der Waals surface area contributed by atoms with E-state index in [0.717, 1.165) is 0 Å². The summed E-state index contributed by atoms with van der Waals surface area (Å²) in [6, 6.07) is 6.26. The number of thioether (sulfide) groups is 1. The van der Waals surface area contributed by atoms with E-state index in [4.69, 9.17) is 5.11 Å². The number of aromatic nitrogens is 2. The molecule has 0 fully saturated rings. The second kappa shape index (κ2) is 9.38. The Hall–Kier alpha value is -2.35. The lowest BCUT2D eigenvalue weighted by Crippen LogP contribution is -2.41. The fraction of sp³-hybridized carbons (Fsp3) is 0.444. The van der Waals surface area contributed by atoms with Crippen LogP contribution in [0.1, 0.15) is 32.5 Å². The number of fused-ring (bicyclic) bond motifs is 1. The Morgan fingerprint density at radius 2 is 2.04 bits per heavy atom. The number of nitrogens with one attached hydrogen (secondary N) is 2. The number of rotatable bonds is 9. The molecule has 3 N–H and O–H groups in total. The quantitative estimate of drug-likeness (QED) is 0.577. The summed E-state index contributed by atoms with van der Waals surface area (Å²) in [6.07, 6.45) is 0.612. The zero-order valence-corrected chi connectivity index (χ0v) is 15.6. The molecule has 0 unspecified atom stereocenters. The molecule has 0 radical (unpaired) electrons. The van der Waals surface area contributed by atoms with E-state index in [-0.39, 0.29) is 23.8 Å². The van der Waals surface area contributed by atoms with Gasteiger partial charge in [-0.3, -0.25) is 9.59 Å². The van der Waals surface area contributed by atoms with Crippen LogP contribution in [0.3, 0.4) is 0 Å². The maximum absolute atomic E-state index is 12.0. The highest BCUT2D eigenvalue weighted by Gasteiger charge is 2.20. The van der Waals surface area contributed by atoms with E-state index < -0.39 is 12.0 Å². The number of carbonyl (C=O) groups excluding carboxylic acids is 1. The lowest BCUT2D eigenvalue weighted by atomic mass is 10.0. The first-order valence-electron chi connectivity index (χ1n) is 8.44. The first-order valence-corrected chi connectivity index (χ1v) is 9.60. The van der Waals surface area contributed by atoms with Gasteiger partial charge in [-0.15, -0.1) is 0 Å². The van der Waals surface area contributed by atoms with Crippen molar-refractivity contribution in [2.45, 2.75) is 38.5 Å². The Labute approximate surface area is 155 Å². The highest BCUT2D eigenvalue weighted by Crippen LogP contribution is 2.12. The normalized spacial score (nSPS) is 12.3. The molecule has 1 heterocycles. The summed E-state index contributed by atoms with van der Waals surface area (Å²) in [5, 5.41) is 12.2. The number of amides is 1. The molecule has 1 amide bonds. The van der Waals surface area contributed by atoms with Crippen molar-refractivity contribution in [3.05, 3.63) is 40.4 Å². The van der Waals surface area contributed by atoms with Crippen LogP contribution < -0.4 is 10.9 Å². The van der Waals surface area contributed by atoms with Gasteiger partial charge < -0.3 is 15.4 Å². The molecule has 2 rings (SSSR count). The summed E-state index contributed by atoms with van der Waals surface area (Å²) >= 11 is 1.46. The van der Waals surface area contributed by atoms with Gasteiger partial charge in [-0.2, -0.15) is 11.8 Å². The Balaban J connectivity index is 1.82. The van der Waals surface area contributed by atoms with E-state index in [0.29, 0.717) is 34.7 Å². The monoisotopic (exact) mass is 377 g/mol. The van der Waals surface area contributed by atoms with Gasteiger partial charge in [0.2, 0.25) is 5.91 Å². The van der Waals surface area contributed by atoms with E-state index in [1.165, 1.54) is 11.8 Å². The van der Waals surface area contributed by atoms with Gasteiger partial charge in [0, 0.05) is 12.2 Å². The van der Waals surface area contributed by atoms with Gasteiger partial charge in [0.05, 0.1) is 16.7 Å². The van der Waals surface area contributed by atoms with Gasteiger partial charge >= 0.3 is 5.97 Å². The molecule has 1 aromatic heterocycles. The Kier molecular flexibility index (Phi) is 7.20. The van der Waals surface area contributed by atoms with E-state index in [1.54, 1.807) is 18.2 Å². The molecule has 2 aromatic rings. The lowest BCUT2D eigenvalue weighted by molar-refractivity contribution is -0.142. The summed E-state index contributed by atoms with van der Waals surface area (Å²) in [5.74, 6) is 0.421. The number of para-hydroxylation sites is 1. The van der Waals surface area contributed by atoms with Crippen LogP contribution in [0, 0.1) is 5.92 Å². The van der Waals surface area contributed by atoms with E-state index in [1.807, 2.05) is 19.9 Å². The smallest absolute Gasteiger partial charge is 0.326 e. The van der Waals surface area contributed by atoms with Crippen LogP contribution in [0.25, 0.3) is 10.9 Å². The zero-order valence-electron chi connectivity index (χ0n) is 14.8. The van der Waals surface area contributed by atoms with Crippen molar-refractivity contribution < 1.29 is 14.7 Å². The molecular weight excluding hydrogens is 354 g/mol. The fourth-order valence-corrected chi connectivity index (χ4v) is 3.30. The maximum Gasteiger partial charge on any atom is 0.326 e. The predicted octanol–water partition coefficient (Wildman–Crippen LogP) is 2.16. The van der Waals surface area contributed by atoms with E-state index in [9.17, 15) is 14.4 Å². The lowest BCUT2D eigenvalue weighted by Gasteiger charge is -2.16. The largest absolute Gasteiger partial charge is 0.480 e. The number of carboxylic acid groups (broad SMARTS) is 1. The van der Waals surface area contributed by atoms with Crippen LogP contribution in [-0.4, -0.2) is 38.7 Å². The molecule has 140 valence electrons. The molecule has 26 heavy (non-hydrogen) atoms. The van der Waals surface area contributed by atoms with Gasteiger partial charge in [-0.1, -0.05) is 26.0 Å². The average molecular weight is 377 g/mol. The molecule has 0 aliphatic carbocycles. The molecular formula is C18H23N3O4S. The second-order valence-corrected chi connectivity index (χ2v) is 7.53. The molecule has 0 aliphatic rings. The SMILES string of the molecule is CC(C)C[C@@H](NC(=O)CCSCc1nc2ccccc2c(=O)[nH]1)C(=O)O. The summed E-state index contributed by atoms with van der Waals surface area (Å²) in [5.41, 5.74) is 0.463. The molecule has 7 nitrogen and oxygen atoms in total. The van der Waals surface area contributed by atoms with Crippen molar-refractivity contribution in [3.8, 4) is 0 Å². The van der Waals surface area contributed by atoms with Gasteiger partial charge in [0.15, 0.2) is 0 Å². The summed E-state index contributed by atoms with van der Waals surface area (Å²) in [7, 11) is 0. The third-order valence-corrected chi connectivity index (χ3v) is 4.68. The molecule has 1 aromatic carbocycles. The van der Waals surface area contributed by atoms with Gasteiger partial charge in [-0.05, 0) is 24.5 Å². The third kappa shape index (κ3) is 5.87. The molecule has 0 aliphatic heterocycles. The number of nitrogens with zero attached hydrogens (tertiary/aromatic N) is 1. The molecule has 8 heteroatoms. The Morgan fingerprint density at radius 3 is 2.73 bits per heavy atom. The van der Waals surface area contributed by atoms with Crippen molar-refractivity contribution >= 4 is 34.5 Å². The minimum absolute atomic E-state index is 0.179. The van der Waals surface area contributed by atoms with E-state index >= 15 is 0 Å². The highest BCUT2D eigenvalue weighted by atomic mass is 32.2. The summed E-state index contributed by atoms with van der Waals surface area (Å²) in [4.78, 5) is 42.2.